The van der Waals surface area contributed by atoms with Crippen LogP contribution in [0.3, 0.4) is 0 Å². The molecule has 0 bridgehead atoms. The minimum absolute atomic E-state index is 0. The van der Waals surface area contributed by atoms with Gasteiger partial charge in [0.15, 0.2) is 11.5 Å². The lowest BCUT2D eigenvalue weighted by Crippen LogP contribution is -2.15. The highest BCUT2D eigenvalue weighted by Crippen LogP contribution is 2.30. The fraction of sp³-hybridized carbons (Fsp3) is 0.211. The molecule has 0 atom stereocenters. The first-order chi connectivity index (χ1) is 12.4. The second-order valence-electron chi connectivity index (χ2n) is 5.53. The maximum Gasteiger partial charge on any atom is 0.263 e. The number of hydrogen-bond donors (Lipinski definition) is 1. The molecule has 1 aromatic heterocycles. The fourth-order valence-electron chi connectivity index (χ4n) is 2.49. The van der Waals surface area contributed by atoms with Gasteiger partial charge in [0.2, 0.25) is 0 Å². The monoisotopic (exact) mass is 389 g/mol. The van der Waals surface area contributed by atoms with Gasteiger partial charge in [0.25, 0.3) is 10.0 Å². The number of sulfonamides is 1. The molecule has 2 aromatic carbocycles. The Morgan fingerprint density at radius 3 is 2.26 bits per heavy atom. The molecule has 0 radical (unpaired) electrons. The van der Waals surface area contributed by atoms with E-state index >= 15 is 0 Å². The molecule has 144 valence electrons. The number of hydrogen-bond acceptors (Lipinski definition) is 5. The number of ether oxygens (including phenoxy) is 2. The third-order valence-corrected chi connectivity index (χ3v) is 5.21. The molecule has 0 amide bonds. The van der Waals surface area contributed by atoms with Gasteiger partial charge in [-0.1, -0.05) is 37.8 Å². The predicted octanol–water partition coefficient (Wildman–Crippen LogP) is 3.54. The minimum Gasteiger partial charge on any atom is -0.493 e. The Bertz CT molecular complexity index is 1010. The summed E-state index contributed by atoms with van der Waals surface area (Å²) in [5.41, 5.74) is 1.58. The summed E-state index contributed by atoms with van der Waals surface area (Å²) in [6, 6.07) is 15.6. The first-order valence-electron chi connectivity index (χ1n) is 7.79. The van der Waals surface area contributed by atoms with Crippen molar-refractivity contribution in [2.75, 3.05) is 18.9 Å². The van der Waals surface area contributed by atoms with Crippen LogP contribution in [0.15, 0.2) is 59.5 Å². The van der Waals surface area contributed by atoms with Crippen molar-refractivity contribution in [3.8, 4) is 22.8 Å². The molecule has 0 aliphatic heterocycles. The van der Waals surface area contributed by atoms with Gasteiger partial charge < -0.3 is 9.47 Å². The van der Waals surface area contributed by atoms with Crippen LogP contribution in [0.2, 0.25) is 0 Å². The second-order valence-corrected chi connectivity index (χ2v) is 7.21. The van der Waals surface area contributed by atoms with Gasteiger partial charge >= 0.3 is 0 Å². The van der Waals surface area contributed by atoms with E-state index in [4.69, 9.17) is 9.47 Å². The number of anilines is 1. The fourth-order valence-corrected chi connectivity index (χ4v) is 3.59. The van der Waals surface area contributed by atoms with Crippen LogP contribution in [0.1, 0.15) is 7.43 Å². The van der Waals surface area contributed by atoms with Crippen LogP contribution < -0.4 is 14.2 Å². The highest BCUT2D eigenvalue weighted by atomic mass is 32.2. The molecule has 1 N–H and O–H groups in total. The van der Waals surface area contributed by atoms with Crippen LogP contribution in [0.4, 0.5) is 5.82 Å². The van der Waals surface area contributed by atoms with Crippen LogP contribution in [-0.2, 0) is 17.1 Å². The Balaban J connectivity index is 0.00000261. The van der Waals surface area contributed by atoms with Gasteiger partial charge in [-0.3, -0.25) is 9.40 Å². The Labute approximate surface area is 159 Å². The number of methoxy groups -OCH3 is 2. The summed E-state index contributed by atoms with van der Waals surface area (Å²) in [5, 5.41) is 4.36. The average Bonchev–Trinajstić information content (AvgIpc) is 3.01. The quantitative estimate of drug-likeness (QED) is 0.697. The molecule has 0 aliphatic carbocycles. The zero-order valence-electron chi connectivity index (χ0n) is 14.6. The van der Waals surface area contributed by atoms with Crippen LogP contribution >= 0.6 is 0 Å². The molecule has 0 spiro atoms. The summed E-state index contributed by atoms with van der Waals surface area (Å²) >= 11 is 0. The van der Waals surface area contributed by atoms with Crippen molar-refractivity contribution in [2.24, 2.45) is 7.05 Å². The topological polar surface area (TPSA) is 82.5 Å². The molecule has 0 unspecified atom stereocenters. The maximum absolute atomic E-state index is 12.7. The molecule has 8 heteroatoms. The van der Waals surface area contributed by atoms with E-state index in [0.717, 1.165) is 5.56 Å². The molecule has 0 aliphatic rings. The number of aryl methyl sites for hydroxylation is 1. The number of rotatable bonds is 6. The van der Waals surface area contributed by atoms with Gasteiger partial charge in [0, 0.05) is 24.7 Å². The Kier molecular flexibility index (Phi) is 6.12. The van der Waals surface area contributed by atoms with Crippen molar-refractivity contribution in [1.82, 2.24) is 9.78 Å². The first kappa shape index (κ1) is 20.3. The highest BCUT2D eigenvalue weighted by Gasteiger charge is 2.19. The first-order valence-corrected chi connectivity index (χ1v) is 9.27. The number of nitrogens with zero attached hydrogens (tertiary/aromatic N) is 2. The van der Waals surface area contributed by atoms with E-state index in [-0.39, 0.29) is 12.3 Å². The van der Waals surface area contributed by atoms with E-state index in [2.05, 4.69) is 9.82 Å². The number of benzene rings is 2. The molecule has 3 rings (SSSR count). The van der Waals surface area contributed by atoms with Crippen molar-refractivity contribution in [2.45, 2.75) is 12.3 Å². The van der Waals surface area contributed by atoms with Crippen molar-refractivity contribution >= 4 is 15.8 Å². The lowest BCUT2D eigenvalue weighted by Gasteiger charge is -2.11. The summed E-state index contributed by atoms with van der Waals surface area (Å²) in [4.78, 5) is 0.0672. The number of nitrogens with one attached hydrogen (secondary N) is 1. The van der Waals surface area contributed by atoms with Crippen LogP contribution in [0.5, 0.6) is 11.5 Å². The van der Waals surface area contributed by atoms with E-state index in [1.54, 1.807) is 19.2 Å². The molecule has 7 nitrogen and oxygen atoms in total. The molecule has 0 saturated heterocycles. The Morgan fingerprint density at radius 2 is 1.63 bits per heavy atom. The summed E-state index contributed by atoms with van der Waals surface area (Å²) in [7, 11) is 0.815. The van der Waals surface area contributed by atoms with Crippen molar-refractivity contribution in [1.29, 1.82) is 0 Å². The van der Waals surface area contributed by atoms with Crippen LogP contribution in [0.25, 0.3) is 11.3 Å². The molecular weight excluding hydrogens is 366 g/mol. The van der Waals surface area contributed by atoms with Crippen molar-refractivity contribution in [3.63, 3.8) is 0 Å². The Hall–Kier alpha value is -3.00. The van der Waals surface area contributed by atoms with Gasteiger partial charge in [-0.25, -0.2) is 8.42 Å². The largest absolute Gasteiger partial charge is 0.493 e. The zero-order chi connectivity index (χ0) is 18.7. The van der Waals surface area contributed by atoms with Gasteiger partial charge in [-0.05, 0) is 12.1 Å². The van der Waals surface area contributed by atoms with Crippen LogP contribution in [0, 0.1) is 0 Å². The molecular formula is C19H23N3O4S. The molecule has 1 heterocycles. The smallest absolute Gasteiger partial charge is 0.263 e. The normalized spacial score (nSPS) is 10.8. The van der Waals surface area contributed by atoms with Crippen molar-refractivity contribution < 1.29 is 17.9 Å². The summed E-state index contributed by atoms with van der Waals surface area (Å²) in [5.74, 6) is 1.15. The second kappa shape index (κ2) is 8.13. The highest BCUT2D eigenvalue weighted by molar-refractivity contribution is 7.92. The summed E-state index contributed by atoms with van der Waals surface area (Å²) in [6.07, 6.45) is 0. The predicted molar refractivity (Wildman–Crippen MR) is 106 cm³/mol. The maximum atomic E-state index is 12.7. The van der Waals surface area contributed by atoms with Crippen LogP contribution in [-0.4, -0.2) is 32.4 Å². The van der Waals surface area contributed by atoms with E-state index < -0.39 is 10.0 Å². The van der Waals surface area contributed by atoms with Gasteiger partial charge in [-0.15, -0.1) is 0 Å². The summed E-state index contributed by atoms with van der Waals surface area (Å²) in [6.45, 7) is 0. The lowest BCUT2D eigenvalue weighted by molar-refractivity contribution is 0.354. The van der Waals surface area contributed by atoms with Gasteiger partial charge in [0.05, 0.1) is 24.8 Å². The van der Waals surface area contributed by atoms with E-state index in [1.807, 2.05) is 30.3 Å². The molecule has 0 fully saturated rings. The van der Waals surface area contributed by atoms with E-state index in [9.17, 15) is 8.42 Å². The van der Waals surface area contributed by atoms with E-state index in [1.165, 1.54) is 31.0 Å². The zero-order valence-corrected chi connectivity index (χ0v) is 15.4. The van der Waals surface area contributed by atoms with Crippen molar-refractivity contribution in [3.05, 3.63) is 54.6 Å². The summed E-state index contributed by atoms with van der Waals surface area (Å²) < 4.78 is 39.8. The molecule has 0 saturated carbocycles. The third kappa shape index (κ3) is 4.22. The van der Waals surface area contributed by atoms with Gasteiger partial charge in [0.1, 0.15) is 5.82 Å². The van der Waals surface area contributed by atoms with Gasteiger partial charge in [-0.2, -0.15) is 5.10 Å². The average molecular weight is 389 g/mol. The minimum atomic E-state index is -3.81. The number of aromatic nitrogens is 2. The SMILES string of the molecule is C.COc1ccc(S(=O)(=O)Nc2cc(-c3ccccc3)nn2C)cc1OC. The standard InChI is InChI=1S/C18H19N3O4S.CH4/c1-21-18(12-15(19-21)13-7-5-4-6-8-13)20-26(22,23)14-9-10-16(24-2)17(11-14)25-3;/h4-12,20H,1-3H3;1H4. The Morgan fingerprint density at radius 1 is 0.963 bits per heavy atom. The molecule has 3 aromatic rings. The van der Waals surface area contributed by atoms with E-state index in [0.29, 0.717) is 23.0 Å². The third-order valence-electron chi connectivity index (χ3n) is 3.85. The molecule has 27 heavy (non-hydrogen) atoms. The lowest BCUT2D eigenvalue weighted by atomic mass is 10.2.